The number of carbonyl (C=O) groups is 4. The summed E-state index contributed by atoms with van der Waals surface area (Å²) in [4.78, 5) is 67.1. The summed E-state index contributed by atoms with van der Waals surface area (Å²) < 4.78 is 0. The molecule has 1 fully saturated rings. The van der Waals surface area contributed by atoms with E-state index in [2.05, 4.69) is 0 Å². The van der Waals surface area contributed by atoms with Gasteiger partial charge in [0.25, 0.3) is 23.4 Å². The molecule has 4 aromatic rings. The van der Waals surface area contributed by atoms with Crippen molar-refractivity contribution in [2.75, 3.05) is 6.54 Å². The molecule has 0 unspecified atom stereocenters. The Hall–Kier alpha value is -5.44. The molecular formula is C34H25N3O6. The van der Waals surface area contributed by atoms with Gasteiger partial charge in [-0.1, -0.05) is 84.4 Å². The number of non-ortho nitro benzene ring substituents is 1. The molecule has 9 heteroatoms. The van der Waals surface area contributed by atoms with E-state index in [9.17, 15) is 29.3 Å². The van der Waals surface area contributed by atoms with Gasteiger partial charge in [-0.15, -0.1) is 0 Å². The quantitative estimate of drug-likeness (QED) is 0.139. The molecule has 0 aromatic heterocycles. The normalized spacial score (nSPS) is 21.2. The third kappa shape index (κ3) is 3.99. The highest BCUT2D eigenvalue weighted by Gasteiger charge is 2.63. The molecular weight excluding hydrogens is 546 g/mol. The van der Waals surface area contributed by atoms with Crippen molar-refractivity contribution >= 4 is 29.2 Å². The van der Waals surface area contributed by atoms with Crippen molar-refractivity contribution in [2.45, 2.75) is 18.8 Å². The van der Waals surface area contributed by atoms with E-state index < -0.39 is 58.6 Å². The molecule has 0 N–H and O–H groups in total. The second-order valence-electron chi connectivity index (χ2n) is 11.2. The lowest BCUT2D eigenvalue weighted by Crippen LogP contribution is -2.52. The zero-order chi connectivity index (χ0) is 30.0. The number of rotatable bonds is 6. The number of carbonyl (C=O) groups excluding carboxylic acids is 4. The highest BCUT2D eigenvalue weighted by atomic mass is 16.6. The fraction of sp³-hybridized carbons (Fsp3) is 0.176. The average Bonchev–Trinajstić information content (AvgIpc) is 3.29. The van der Waals surface area contributed by atoms with Gasteiger partial charge in [0.05, 0.1) is 16.8 Å². The number of benzene rings is 4. The number of nitro benzene ring substituents is 1. The monoisotopic (exact) mass is 571 g/mol. The Kier molecular flexibility index (Phi) is 6.05. The van der Waals surface area contributed by atoms with Crippen LogP contribution in [-0.2, 0) is 9.59 Å². The summed E-state index contributed by atoms with van der Waals surface area (Å²) in [5, 5.41) is 13.2. The summed E-state index contributed by atoms with van der Waals surface area (Å²) in [6.07, 6.45) is 0. The van der Waals surface area contributed by atoms with Gasteiger partial charge in [-0.2, -0.15) is 5.01 Å². The van der Waals surface area contributed by atoms with Crippen molar-refractivity contribution in [3.8, 4) is 0 Å². The summed E-state index contributed by atoms with van der Waals surface area (Å²) >= 11 is 0. The Balaban J connectivity index is 1.33. The van der Waals surface area contributed by atoms with Gasteiger partial charge in [0, 0.05) is 35.1 Å². The Labute approximate surface area is 246 Å². The van der Waals surface area contributed by atoms with Crippen molar-refractivity contribution < 1.29 is 24.1 Å². The van der Waals surface area contributed by atoms with Crippen molar-refractivity contribution in [3.63, 3.8) is 0 Å². The fourth-order valence-corrected chi connectivity index (χ4v) is 7.00. The molecule has 3 amide bonds. The lowest BCUT2D eigenvalue weighted by atomic mass is 9.55. The molecule has 2 bridgehead atoms. The van der Waals surface area contributed by atoms with Crippen LogP contribution >= 0.6 is 0 Å². The van der Waals surface area contributed by atoms with Gasteiger partial charge in [0.1, 0.15) is 6.54 Å². The number of aryl methyl sites for hydroxylation is 1. The van der Waals surface area contributed by atoms with Gasteiger partial charge in [0.15, 0.2) is 5.78 Å². The van der Waals surface area contributed by atoms with E-state index in [1.807, 2.05) is 55.5 Å². The van der Waals surface area contributed by atoms with Gasteiger partial charge in [0.2, 0.25) is 0 Å². The molecule has 2 atom stereocenters. The second-order valence-corrected chi connectivity index (χ2v) is 11.2. The number of hydrogen-bond acceptors (Lipinski definition) is 6. The van der Waals surface area contributed by atoms with Gasteiger partial charge < -0.3 is 0 Å². The van der Waals surface area contributed by atoms with Crippen LogP contribution in [0.2, 0.25) is 0 Å². The predicted octanol–water partition coefficient (Wildman–Crippen LogP) is 5.04. The number of amides is 3. The number of nitro groups is 1. The van der Waals surface area contributed by atoms with Crippen LogP contribution in [0.1, 0.15) is 60.4 Å². The van der Waals surface area contributed by atoms with E-state index in [1.165, 1.54) is 18.2 Å². The molecule has 1 heterocycles. The smallest absolute Gasteiger partial charge is 0.273 e. The average molecular weight is 572 g/mol. The van der Waals surface area contributed by atoms with Crippen LogP contribution in [0, 0.1) is 28.9 Å². The predicted molar refractivity (Wildman–Crippen MR) is 155 cm³/mol. The van der Waals surface area contributed by atoms with Crippen LogP contribution in [0.4, 0.5) is 5.69 Å². The van der Waals surface area contributed by atoms with Crippen molar-refractivity contribution in [3.05, 3.63) is 146 Å². The number of Topliss-reactive ketones (excluding diaryl/α,β-unsaturated/α-hetero) is 1. The summed E-state index contributed by atoms with van der Waals surface area (Å²) in [6.45, 7) is 1.27. The summed E-state index contributed by atoms with van der Waals surface area (Å²) in [5.74, 6) is -4.79. The SMILES string of the molecule is Cc1ccc(C(=O)CN(C(=O)c2cccc([N+](=O)[O-])c2)N2C(=O)[C@@H]3C4c5ccccc5C(c5ccccc54)[C@H]3C2=O)cc1. The van der Waals surface area contributed by atoms with Crippen molar-refractivity contribution in [2.24, 2.45) is 11.8 Å². The van der Waals surface area contributed by atoms with Gasteiger partial charge in [-0.05, 0) is 35.2 Å². The van der Waals surface area contributed by atoms with Gasteiger partial charge in [-0.3, -0.25) is 29.3 Å². The Morgan fingerprint density at radius 2 is 1.26 bits per heavy atom. The minimum absolute atomic E-state index is 0.115. The highest BCUT2D eigenvalue weighted by molar-refractivity contribution is 6.11. The first-order valence-corrected chi connectivity index (χ1v) is 14.0. The maximum Gasteiger partial charge on any atom is 0.273 e. The van der Waals surface area contributed by atoms with E-state index in [1.54, 1.807) is 24.3 Å². The molecule has 4 aliphatic rings. The third-order valence-corrected chi connectivity index (χ3v) is 8.87. The van der Waals surface area contributed by atoms with Crippen LogP contribution in [-0.4, -0.2) is 45.0 Å². The standard InChI is InChI=1S/C34H25N3O6/c1-19-13-15-20(16-14-19)27(38)18-35(32(39)21-7-6-8-22(17-21)37(42)43)36-33(40)30-28-23-9-2-3-10-24(23)29(31(30)34(36)41)26-12-5-4-11-25(26)28/h2-17,28-31H,18H2,1H3/t28?,29?,30-,31-/m1/s1. The lowest BCUT2D eigenvalue weighted by Gasteiger charge is -2.45. The Morgan fingerprint density at radius 1 is 0.744 bits per heavy atom. The largest absolute Gasteiger partial charge is 0.292 e. The molecule has 0 spiro atoms. The van der Waals surface area contributed by atoms with Crippen LogP contribution < -0.4 is 0 Å². The van der Waals surface area contributed by atoms with Crippen molar-refractivity contribution in [1.29, 1.82) is 0 Å². The van der Waals surface area contributed by atoms with Crippen LogP contribution in [0.5, 0.6) is 0 Å². The summed E-state index contributed by atoms with van der Waals surface area (Å²) in [6, 6.07) is 27.4. The first-order valence-electron chi connectivity index (χ1n) is 14.0. The van der Waals surface area contributed by atoms with Gasteiger partial charge >= 0.3 is 0 Å². The van der Waals surface area contributed by atoms with E-state index in [-0.39, 0.29) is 11.3 Å². The van der Waals surface area contributed by atoms with E-state index in [0.717, 1.165) is 43.9 Å². The highest BCUT2D eigenvalue weighted by Crippen LogP contribution is 2.61. The first kappa shape index (κ1) is 26.5. The first-order chi connectivity index (χ1) is 20.8. The van der Waals surface area contributed by atoms with Crippen molar-refractivity contribution in [1.82, 2.24) is 10.0 Å². The van der Waals surface area contributed by atoms with E-state index >= 15 is 0 Å². The molecule has 1 aliphatic heterocycles. The second kappa shape index (κ2) is 9.84. The van der Waals surface area contributed by atoms with E-state index in [4.69, 9.17) is 0 Å². The van der Waals surface area contributed by atoms with Crippen LogP contribution in [0.15, 0.2) is 97.1 Å². The molecule has 1 saturated heterocycles. The maximum absolute atomic E-state index is 14.4. The number of ketones is 1. The Bertz CT molecular complexity index is 1750. The van der Waals surface area contributed by atoms with Gasteiger partial charge in [-0.25, -0.2) is 5.01 Å². The third-order valence-electron chi connectivity index (χ3n) is 8.87. The molecule has 3 aliphatic carbocycles. The van der Waals surface area contributed by atoms with Crippen LogP contribution in [0.3, 0.4) is 0 Å². The number of nitrogens with zero attached hydrogens (tertiary/aromatic N) is 3. The number of hydrazine groups is 1. The fourth-order valence-electron chi connectivity index (χ4n) is 7.00. The zero-order valence-corrected chi connectivity index (χ0v) is 23.0. The van der Waals surface area contributed by atoms with E-state index in [0.29, 0.717) is 5.56 Å². The molecule has 43 heavy (non-hydrogen) atoms. The van der Waals surface area contributed by atoms with Crippen LogP contribution in [0.25, 0.3) is 0 Å². The summed E-state index contributed by atoms with van der Waals surface area (Å²) in [5.41, 5.74) is 4.70. The topological polar surface area (TPSA) is 118 Å². The minimum atomic E-state index is -0.855. The molecule has 4 aromatic carbocycles. The molecule has 0 saturated carbocycles. The molecule has 8 rings (SSSR count). The maximum atomic E-state index is 14.4. The summed E-state index contributed by atoms with van der Waals surface area (Å²) in [7, 11) is 0. The minimum Gasteiger partial charge on any atom is -0.292 e. The zero-order valence-electron chi connectivity index (χ0n) is 23.0. The molecule has 9 nitrogen and oxygen atoms in total. The lowest BCUT2D eigenvalue weighted by molar-refractivity contribution is -0.384. The Morgan fingerprint density at radius 3 is 1.74 bits per heavy atom. The number of hydrogen-bond donors (Lipinski definition) is 0. The number of imide groups is 1. The molecule has 0 radical (unpaired) electrons. The molecule has 212 valence electrons.